The third kappa shape index (κ3) is 3.80. The predicted molar refractivity (Wildman–Crippen MR) is 67.7 cm³/mol. The molecule has 0 aliphatic rings. The number of nitrogens with zero attached hydrogens (tertiary/aromatic N) is 2. The van der Waals surface area contributed by atoms with Crippen molar-refractivity contribution in [3.63, 3.8) is 0 Å². The van der Waals surface area contributed by atoms with Crippen LogP contribution in [0.5, 0.6) is 0 Å². The number of amides is 2. The molecule has 0 saturated heterocycles. The minimum Gasteiger partial charge on any atom is -0.324 e. The number of nitrogens with one attached hydrogen (secondary N) is 1. The summed E-state index contributed by atoms with van der Waals surface area (Å²) in [6, 6.07) is 9.37. The molecule has 4 nitrogen and oxygen atoms in total. The van der Waals surface area contributed by atoms with Crippen LogP contribution < -0.4 is 5.32 Å². The Hall–Kier alpha value is -2.02. The van der Waals surface area contributed by atoms with E-state index in [2.05, 4.69) is 11.4 Å². The van der Waals surface area contributed by atoms with Crippen molar-refractivity contribution < 1.29 is 4.79 Å². The molecule has 90 valence electrons. The molecule has 0 aromatic heterocycles. The van der Waals surface area contributed by atoms with Gasteiger partial charge in [-0.25, -0.2) is 4.79 Å². The van der Waals surface area contributed by atoms with E-state index in [0.717, 1.165) is 11.3 Å². The van der Waals surface area contributed by atoms with Gasteiger partial charge in [0.05, 0.1) is 12.5 Å². The van der Waals surface area contributed by atoms with Gasteiger partial charge in [0.15, 0.2) is 0 Å². The Bertz CT molecular complexity index is 437. The van der Waals surface area contributed by atoms with Crippen LogP contribution in [0.3, 0.4) is 0 Å². The Kier molecular flexibility index (Phi) is 4.53. The van der Waals surface area contributed by atoms with E-state index in [0.29, 0.717) is 6.42 Å². The average Bonchev–Trinajstić information content (AvgIpc) is 2.28. The molecule has 1 unspecified atom stereocenters. The van der Waals surface area contributed by atoms with Gasteiger partial charge >= 0.3 is 6.03 Å². The van der Waals surface area contributed by atoms with E-state index in [1.807, 2.05) is 38.1 Å². The highest BCUT2D eigenvalue weighted by Crippen LogP contribution is 2.11. The van der Waals surface area contributed by atoms with Crippen LogP contribution >= 0.6 is 0 Å². The van der Waals surface area contributed by atoms with Crippen LogP contribution in [0.2, 0.25) is 0 Å². The first kappa shape index (κ1) is 13.0. The summed E-state index contributed by atoms with van der Waals surface area (Å²) in [6.45, 7) is 3.82. The fraction of sp³-hybridized carbons (Fsp3) is 0.385. The monoisotopic (exact) mass is 231 g/mol. The highest BCUT2D eigenvalue weighted by molar-refractivity contribution is 5.89. The van der Waals surface area contributed by atoms with Crippen molar-refractivity contribution in [2.24, 2.45) is 0 Å². The number of carbonyl (C=O) groups is 1. The lowest BCUT2D eigenvalue weighted by molar-refractivity contribution is 0.208. The summed E-state index contributed by atoms with van der Waals surface area (Å²) in [5.41, 5.74) is 1.86. The van der Waals surface area contributed by atoms with Crippen LogP contribution in [0.4, 0.5) is 10.5 Å². The standard InChI is InChI=1S/C13H17N3O/c1-10-5-4-6-12(9-10)15-13(17)16(3)11(2)7-8-14/h4-6,9,11H,7H2,1-3H3,(H,15,17). The van der Waals surface area contributed by atoms with Gasteiger partial charge in [-0.3, -0.25) is 0 Å². The van der Waals surface area contributed by atoms with Crippen molar-refractivity contribution in [3.05, 3.63) is 29.8 Å². The zero-order chi connectivity index (χ0) is 12.8. The highest BCUT2D eigenvalue weighted by atomic mass is 16.2. The number of benzene rings is 1. The molecule has 17 heavy (non-hydrogen) atoms. The maximum absolute atomic E-state index is 11.8. The van der Waals surface area contributed by atoms with E-state index in [1.54, 1.807) is 7.05 Å². The van der Waals surface area contributed by atoms with E-state index < -0.39 is 0 Å². The van der Waals surface area contributed by atoms with Crippen LogP contribution in [-0.4, -0.2) is 24.0 Å². The smallest absolute Gasteiger partial charge is 0.321 e. The Labute approximate surface area is 102 Å². The minimum atomic E-state index is -0.196. The largest absolute Gasteiger partial charge is 0.324 e. The molecule has 1 rings (SSSR count). The lowest BCUT2D eigenvalue weighted by Gasteiger charge is -2.23. The second-order valence-corrected chi connectivity index (χ2v) is 4.12. The normalized spacial score (nSPS) is 11.4. The van der Waals surface area contributed by atoms with Gasteiger partial charge in [-0.15, -0.1) is 0 Å². The molecular formula is C13H17N3O. The molecule has 1 N–H and O–H groups in total. The number of carbonyl (C=O) groups excluding carboxylic acids is 1. The van der Waals surface area contributed by atoms with E-state index in [9.17, 15) is 4.79 Å². The lowest BCUT2D eigenvalue weighted by atomic mass is 10.2. The van der Waals surface area contributed by atoms with Gasteiger partial charge in [0.1, 0.15) is 0 Å². The second-order valence-electron chi connectivity index (χ2n) is 4.12. The number of nitriles is 1. The summed E-state index contributed by atoms with van der Waals surface area (Å²) in [7, 11) is 1.69. The summed E-state index contributed by atoms with van der Waals surface area (Å²) in [4.78, 5) is 13.4. The first-order valence-electron chi connectivity index (χ1n) is 5.52. The van der Waals surface area contributed by atoms with Gasteiger partial charge in [-0.2, -0.15) is 5.26 Å². The zero-order valence-electron chi connectivity index (χ0n) is 10.4. The van der Waals surface area contributed by atoms with Crippen LogP contribution in [0, 0.1) is 18.3 Å². The number of anilines is 1. The van der Waals surface area contributed by atoms with E-state index in [1.165, 1.54) is 4.90 Å². The molecule has 0 aliphatic carbocycles. The summed E-state index contributed by atoms with van der Waals surface area (Å²) >= 11 is 0. The Balaban J connectivity index is 2.63. The molecule has 0 bridgehead atoms. The predicted octanol–water partition coefficient (Wildman–Crippen LogP) is 2.76. The summed E-state index contributed by atoms with van der Waals surface area (Å²) in [5.74, 6) is 0. The summed E-state index contributed by atoms with van der Waals surface area (Å²) in [5, 5.41) is 11.4. The number of rotatable bonds is 3. The van der Waals surface area contributed by atoms with Crippen LogP contribution in [0.1, 0.15) is 18.9 Å². The number of urea groups is 1. The van der Waals surface area contributed by atoms with Gasteiger partial charge in [0.2, 0.25) is 0 Å². The first-order valence-corrected chi connectivity index (χ1v) is 5.52. The molecule has 0 spiro atoms. The fourth-order valence-electron chi connectivity index (χ4n) is 1.40. The topological polar surface area (TPSA) is 56.1 Å². The maximum atomic E-state index is 11.8. The van der Waals surface area contributed by atoms with Crippen molar-refractivity contribution in [1.82, 2.24) is 4.90 Å². The minimum absolute atomic E-state index is 0.0928. The molecule has 1 aromatic carbocycles. The number of aryl methyl sites for hydroxylation is 1. The van der Waals surface area contributed by atoms with Crippen molar-refractivity contribution in [3.8, 4) is 6.07 Å². The van der Waals surface area contributed by atoms with Crippen LogP contribution in [0.15, 0.2) is 24.3 Å². The van der Waals surface area contributed by atoms with Crippen molar-refractivity contribution in [2.75, 3.05) is 12.4 Å². The lowest BCUT2D eigenvalue weighted by Crippen LogP contribution is -2.38. The molecule has 0 radical (unpaired) electrons. The van der Waals surface area contributed by atoms with Crippen molar-refractivity contribution in [2.45, 2.75) is 26.3 Å². The zero-order valence-corrected chi connectivity index (χ0v) is 10.4. The molecule has 2 amide bonds. The Morgan fingerprint density at radius 1 is 1.59 bits per heavy atom. The summed E-state index contributed by atoms with van der Waals surface area (Å²) in [6.07, 6.45) is 0.331. The van der Waals surface area contributed by atoms with Gasteiger partial charge in [-0.05, 0) is 31.5 Å². The van der Waals surface area contributed by atoms with Gasteiger partial charge < -0.3 is 10.2 Å². The molecule has 0 saturated carbocycles. The van der Waals surface area contributed by atoms with Gasteiger partial charge in [0, 0.05) is 18.8 Å². The van der Waals surface area contributed by atoms with E-state index in [4.69, 9.17) is 5.26 Å². The molecule has 1 atom stereocenters. The molecule has 0 heterocycles. The van der Waals surface area contributed by atoms with Gasteiger partial charge in [-0.1, -0.05) is 12.1 Å². The second kappa shape index (κ2) is 5.90. The van der Waals surface area contributed by atoms with Crippen molar-refractivity contribution >= 4 is 11.7 Å². The third-order valence-corrected chi connectivity index (χ3v) is 2.64. The molecule has 1 aromatic rings. The molecular weight excluding hydrogens is 214 g/mol. The Morgan fingerprint density at radius 2 is 2.29 bits per heavy atom. The molecule has 0 fully saturated rings. The maximum Gasteiger partial charge on any atom is 0.321 e. The number of hydrogen-bond donors (Lipinski definition) is 1. The third-order valence-electron chi connectivity index (χ3n) is 2.64. The van der Waals surface area contributed by atoms with Gasteiger partial charge in [0.25, 0.3) is 0 Å². The van der Waals surface area contributed by atoms with Crippen LogP contribution in [0.25, 0.3) is 0 Å². The van der Waals surface area contributed by atoms with E-state index in [-0.39, 0.29) is 12.1 Å². The fourth-order valence-corrected chi connectivity index (χ4v) is 1.40. The molecule has 0 aliphatic heterocycles. The number of hydrogen-bond acceptors (Lipinski definition) is 2. The Morgan fingerprint density at radius 3 is 2.88 bits per heavy atom. The van der Waals surface area contributed by atoms with E-state index >= 15 is 0 Å². The highest BCUT2D eigenvalue weighted by Gasteiger charge is 2.15. The van der Waals surface area contributed by atoms with Crippen LogP contribution in [-0.2, 0) is 0 Å². The average molecular weight is 231 g/mol. The molecule has 4 heteroatoms. The quantitative estimate of drug-likeness (QED) is 0.869. The summed E-state index contributed by atoms with van der Waals surface area (Å²) < 4.78 is 0. The first-order chi connectivity index (χ1) is 8.04. The van der Waals surface area contributed by atoms with Crippen molar-refractivity contribution in [1.29, 1.82) is 5.26 Å². The SMILES string of the molecule is Cc1cccc(NC(=O)N(C)C(C)CC#N)c1.